The van der Waals surface area contributed by atoms with Crippen LogP contribution in [-0.2, 0) is 24.8 Å². The molecule has 0 N–H and O–H groups in total. The number of benzene rings is 7. The normalized spacial score (nSPS) is 17.5. The minimum absolute atomic E-state index is 0.00136. The Morgan fingerprint density at radius 1 is 0.381 bits per heavy atom. The molecule has 8 heterocycles. The van der Waals surface area contributed by atoms with E-state index in [1.165, 1.54) is 14.8 Å². The standard InChI is InChI=1S/C20H25N3O3.C20H22N2O3.C20H21NO4.C19H21NO4S.C18H20N2O4S/c1-14(2)23-18(9-10-21-23)20(25)22-11-5-7-16(22)13-26-19-8-4-6-15(3)17(19)12-24;1-15-6-4-9-19(18(15)13-23)25-14-17-8-2-3-11-22(17)20(24)16-7-5-10-21-12-16;1-15-6-5-9-19(18(15)12-22)25-14-17-13-24-11-10-21(17)20(23)16-7-3-2-4-8-16;1-15-7-5-11-19(18(15)13-21)24-14-16-8-6-12-20(16)25(22,23)17-9-3-2-4-10-17;1-14-5-2-8-18(17(14)12-21)24-13-15-6-4-10-20(15)25(22,23)16-7-3-9-19-11-16/h4,6,8-10,12,14,16H,5,7,11,13H2,1-3H3;4-7,9-10,12-13,17H,2-3,8,11,14H2,1H3;2-9,12,17H,10-11,13-14H2,1H3;2-5,7,9-11,13,16H,6,8,12,14H2,1H3;2-3,5,7-9,11-12,15H,4,6,10,13H2,1H3/t16-;2*17-;16-;15-/m00000/s1. The Labute approximate surface area is 737 Å². The molecule has 0 saturated carbocycles. The summed E-state index contributed by atoms with van der Waals surface area (Å²) in [4.78, 5) is 109. The molecule has 0 unspecified atom stereocenters. The zero-order valence-electron chi connectivity index (χ0n) is 72.1. The zero-order chi connectivity index (χ0) is 89.7. The lowest BCUT2D eigenvalue weighted by atomic mass is 10.0. The van der Waals surface area contributed by atoms with E-state index in [-0.39, 0.29) is 78.7 Å². The summed E-state index contributed by atoms with van der Waals surface area (Å²) < 4.78 is 90.9. The molecule has 0 radical (unpaired) electrons. The molecule has 126 heavy (non-hydrogen) atoms. The Kier molecular flexibility index (Phi) is 34.4. The van der Waals surface area contributed by atoms with Crippen LogP contribution in [0.25, 0.3) is 0 Å². The maximum atomic E-state index is 13.0. The van der Waals surface area contributed by atoms with Crippen molar-refractivity contribution in [2.24, 2.45) is 0 Å². The van der Waals surface area contributed by atoms with E-state index in [9.17, 15) is 55.2 Å². The SMILES string of the molecule is Cc1cccc(OC[C@@H]2CCCCN2C(=O)c2cccnc2)c1C=O.Cc1cccc(OC[C@@H]2CCCN2C(=O)c2ccnn2C(C)C)c1C=O.Cc1cccc(OC[C@@H]2CCCN2S(=O)(=O)c2ccccc2)c1C=O.Cc1cccc(OC[C@@H]2CCCN2S(=O)(=O)c2cccnc2)c1C=O.Cc1cccc(OC[C@@H]2COCCN2C(=O)c2ccccc2)c1C=O. The quantitative estimate of drug-likeness (QED) is 0.0411. The number of ether oxygens (including phenoxy) is 6. The van der Waals surface area contributed by atoms with Crippen molar-refractivity contribution in [1.29, 1.82) is 0 Å². The maximum absolute atomic E-state index is 13.0. The summed E-state index contributed by atoms with van der Waals surface area (Å²) in [5.41, 5.74) is 8.87. The number of sulfonamides is 2. The molecular formula is C97H109N9O18S2. The fourth-order valence-corrected chi connectivity index (χ4v) is 19.1. The van der Waals surface area contributed by atoms with Gasteiger partial charge < -0.3 is 43.1 Å². The number of piperidine rings is 1. The number of aryl methyl sites for hydroxylation is 5. The number of pyridine rings is 2. The highest BCUT2D eigenvalue weighted by Crippen LogP contribution is 2.33. The fraction of sp³-hybridized carbons (Fsp3) is 0.351. The summed E-state index contributed by atoms with van der Waals surface area (Å²) >= 11 is 0. The average Bonchev–Trinajstić information content (AvgIpc) is 1.51. The minimum Gasteiger partial charge on any atom is -0.491 e. The second kappa shape index (κ2) is 46.0. The number of rotatable bonds is 28. The van der Waals surface area contributed by atoms with Gasteiger partial charge in [-0.15, -0.1) is 0 Å². The van der Waals surface area contributed by atoms with Crippen molar-refractivity contribution in [3.05, 3.63) is 285 Å². The lowest BCUT2D eigenvalue weighted by Crippen LogP contribution is -2.51. The molecule has 29 heteroatoms. The van der Waals surface area contributed by atoms with Crippen LogP contribution in [-0.4, -0.2) is 218 Å². The minimum atomic E-state index is -3.59. The maximum Gasteiger partial charge on any atom is 0.272 e. The average molecular weight is 1750 g/mol. The highest BCUT2D eigenvalue weighted by atomic mass is 32.2. The topological polar surface area (TPSA) is 320 Å². The first kappa shape index (κ1) is 94.3. The number of hydrogen-bond acceptors (Lipinski definition) is 21. The van der Waals surface area contributed by atoms with Gasteiger partial charge in [-0.25, -0.2) is 16.8 Å². The van der Waals surface area contributed by atoms with E-state index in [0.29, 0.717) is 131 Å². The number of aromatic nitrogens is 4. The third-order valence-corrected chi connectivity index (χ3v) is 26.6. The lowest BCUT2D eigenvalue weighted by Gasteiger charge is -2.35. The van der Waals surface area contributed by atoms with Crippen LogP contribution in [0.1, 0.15) is 188 Å². The van der Waals surface area contributed by atoms with Gasteiger partial charge in [-0.05, 0) is 219 Å². The van der Waals surface area contributed by atoms with Crippen molar-refractivity contribution in [2.45, 2.75) is 152 Å². The predicted molar refractivity (Wildman–Crippen MR) is 476 cm³/mol. The molecule has 3 amide bonds. The van der Waals surface area contributed by atoms with Crippen LogP contribution < -0.4 is 23.7 Å². The van der Waals surface area contributed by atoms with Gasteiger partial charge in [0.1, 0.15) is 72.4 Å². The number of morpholine rings is 1. The summed E-state index contributed by atoms with van der Waals surface area (Å²) in [6.07, 6.45) is 19.7. The van der Waals surface area contributed by atoms with Gasteiger partial charge in [-0.2, -0.15) is 13.7 Å². The van der Waals surface area contributed by atoms with Crippen LogP contribution >= 0.6 is 0 Å². The predicted octanol–water partition coefficient (Wildman–Crippen LogP) is 14.7. The molecule has 5 aliphatic heterocycles. The number of carbonyl (C=O) groups is 8. The van der Waals surface area contributed by atoms with Gasteiger partial charge in [-0.3, -0.25) is 53.0 Å². The number of nitrogens with zero attached hydrogens (tertiary/aromatic N) is 9. The first-order chi connectivity index (χ1) is 61.0. The summed E-state index contributed by atoms with van der Waals surface area (Å²) in [6, 6.07) is 52.9. The molecule has 0 bridgehead atoms. The molecule has 0 aliphatic carbocycles. The number of likely N-dealkylation sites (tertiary alicyclic amines) is 2. The van der Waals surface area contributed by atoms with E-state index >= 15 is 0 Å². The van der Waals surface area contributed by atoms with Gasteiger partial charge in [0.15, 0.2) is 31.4 Å². The van der Waals surface area contributed by atoms with E-state index in [1.807, 2.05) is 137 Å². The highest BCUT2D eigenvalue weighted by Gasteiger charge is 2.39. The van der Waals surface area contributed by atoms with Crippen LogP contribution in [0.5, 0.6) is 28.7 Å². The van der Waals surface area contributed by atoms with Crippen LogP contribution in [0.2, 0.25) is 0 Å². The molecule has 10 aromatic rings. The van der Waals surface area contributed by atoms with Crippen LogP contribution in [0.15, 0.2) is 223 Å². The molecule has 27 nitrogen and oxygen atoms in total. The van der Waals surface area contributed by atoms with Crippen molar-refractivity contribution in [1.82, 2.24) is 43.1 Å². The van der Waals surface area contributed by atoms with Gasteiger partial charge in [0.2, 0.25) is 20.0 Å². The Hall–Kier alpha value is -12.4. The van der Waals surface area contributed by atoms with E-state index in [0.717, 1.165) is 124 Å². The Bertz CT molecular complexity index is 5300. The second-order valence-corrected chi connectivity index (χ2v) is 35.2. The zero-order valence-corrected chi connectivity index (χ0v) is 73.7. The summed E-state index contributed by atoms with van der Waals surface area (Å²) in [5.74, 6) is 2.62. The largest absolute Gasteiger partial charge is 0.491 e. The van der Waals surface area contributed by atoms with Crippen molar-refractivity contribution >= 4 is 69.2 Å². The van der Waals surface area contributed by atoms with E-state index < -0.39 is 20.0 Å². The van der Waals surface area contributed by atoms with Crippen LogP contribution in [0, 0.1) is 34.6 Å². The van der Waals surface area contributed by atoms with Crippen LogP contribution in [0.4, 0.5) is 0 Å². The first-order valence-electron chi connectivity index (χ1n) is 42.4. The van der Waals surface area contributed by atoms with Gasteiger partial charge in [-0.1, -0.05) is 97.1 Å². The van der Waals surface area contributed by atoms with Crippen LogP contribution in [0.3, 0.4) is 0 Å². The molecular weight excluding hydrogens is 1640 g/mol. The Morgan fingerprint density at radius 2 is 0.746 bits per heavy atom. The first-order valence-corrected chi connectivity index (χ1v) is 45.3. The van der Waals surface area contributed by atoms with E-state index in [2.05, 4.69) is 15.1 Å². The van der Waals surface area contributed by atoms with Crippen molar-refractivity contribution in [3.8, 4) is 28.7 Å². The molecule has 3 aromatic heterocycles. The Morgan fingerprint density at radius 3 is 1.18 bits per heavy atom. The third-order valence-electron chi connectivity index (χ3n) is 22.7. The fourth-order valence-electron chi connectivity index (χ4n) is 15.8. The van der Waals surface area contributed by atoms with Crippen molar-refractivity contribution in [2.75, 3.05) is 79.0 Å². The third kappa shape index (κ3) is 24.0. The molecule has 0 spiro atoms. The Balaban J connectivity index is 0.000000153. The number of hydrogen-bond donors (Lipinski definition) is 0. The summed E-state index contributed by atoms with van der Waals surface area (Å²) in [7, 11) is -7.13. The smallest absolute Gasteiger partial charge is 0.272 e. The van der Waals surface area contributed by atoms with E-state index in [1.54, 1.807) is 137 Å². The molecule has 5 atom stereocenters. The number of amides is 3. The number of carbonyl (C=O) groups excluding carboxylic acids is 8. The monoisotopic (exact) mass is 1750 g/mol. The van der Waals surface area contributed by atoms with Gasteiger partial charge in [0.25, 0.3) is 17.7 Å². The van der Waals surface area contributed by atoms with Crippen molar-refractivity contribution < 1.29 is 83.6 Å². The molecule has 15 rings (SSSR count). The van der Waals surface area contributed by atoms with Gasteiger partial charge >= 0.3 is 0 Å². The summed E-state index contributed by atoms with van der Waals surface area (Å²) in [5, 5.41) is 4.26. The molecule has 5 aliphatic rings. The summed E-state index contributed by atoms with van der Waals surface area (Å²) in [6.45, 7) is 18.7. The number of aldehydes is 5. The van der Waals surface area contributed by atoms with Crippen molar-refractivity contribution in [3.63, 3.8) is 0 Å². The lowest BCUT2D eigenvalue weighted by molar-refractivity contribution is -0.0151. The highest BCUT2D eigenvalue weighted by molar-refractivity contribution is 7.89. The molecule has 662 valence electrons. The molecule has 7 aromatic carbocycles. The molecule has 5 fully saturated rings. The van der Waals surface area contributed by atoms with Gasteiger partial charge in [0.05, 0.1) is 81.7 Å². The second-order valence-electron chi connectivity index (χ2n) is 31.4. The van der Waals surface area contributed by atoms with E-state index in [4.69, 9.17) is 28.4 Å². The van der Waals surface area contributed by atoms with Gasteiger partial charge in [0, 0.05) is 75.3 Å². The molecule has 5 saturated heterocycles.